The Balaban J connectivity index is 2.89. The van der Waals surface area contributed by atoms with Crippen LogP contribution in [0.1, 0.15) is 42.1 Å². The second-order valence-electron chi connectivity index (χ2n) is 4.63. The van der Waals surface area contributed by atoms with E-state index in [1.54, 1.807) is 7.05 Å². The maximum absolute atomic E-state index is 12.8. The maximum Gasteiger partial charge on any atom is 0.417 e. The minimum atomic E-state index is -4.48. The third-order valence-corrected chi connectivity index (χ3v) is 3.65. The van der Waals surface area contributed by atoms with E-state index >= 15 is 0 Å². The van der Waals surface area contributed by atoms with E-state index < -0.39 is 11.7 Å². The lowest BCUT2D eigenvalue weighted by Crippen LogP contribution is -2.28. The summed E-state index contributed by atoms with van der Waals surface area (Å²) >= 11 is 2.86. The Bertz CT molecular complexity index is 474. The van der Waals surface area contributed by atoms with Gasteiger partial charge in [-0.15, -0.1) is 0 Å². The van der Waals surface area contributed by atoms with Crippen molar-refractivity contribution in [3.05, 3.63) is 33.8 Å². The largest absolute Gasteiger partial charge is 0.417 e. The molecule has 0 heterocycles. The van der Waals surface area contributed by atoms with Crippen LogP contribution in [0.4, 0.5) is 13.2 Å². The minimum Gasteiger partial charge on any atom is -0.342 e. The molecule has 0 aliphatic carbocycles. The minimum absolute atomic E-state index is 0.0551. The van der Waals surface area contributed by atoms with Crippen molar-refractivity contribution in [2.45, 2.75) is 32.4 Å². The molecule has 0 unspecified atom stereocenters. The highest BCUT2D eigenvalue weighted by atomic mass is 79.9. The first-order chi connectivity index (χ1) is 9.27. The quantitative estimate of drug-likeness (QED) is 0.702. The summed E-state index contributed by atoms with van der Waals surface area (Å²) in [5.41, 5.74) is -0.773. The predicted octanol–water partition coefficient (Wildman–Crippen LogP) is 4.73. The van der Waals surface area contributed by atoms with Gasteiger partial charge in [-0.25, -0.2) is 0 Å². The molecule has 112 valence electrons. The Labute approximate surface area is 125 Å². The van der Waals surface area contributed by atoms with Crippen molar-refractivity contribution in [3.8, 4) is 0 Å². The molecule has 0 aliphatic rings. The Morgan fingerprint density at radius 3 is 2.50 bits per heavy atom. The number of carbonyl (C=O) groups excluding carboxylic acids is 1. The molecule has 0 radical (unpaired) electrons. The molecule has 20 heavy (non-hydrogen) atoms. The maximum atomic E-state index is 12.8. The number of nitrogens with zero attached hydrogens (tertiary/aromatic N) is 1. The summed E-state index contributed by atoms with van der Waals surface area (Å²) in [6.07, 6.45) is -1.61. The van der Waals surface area contributed by atoms with Crippen molar-refractivity contribution in [2.24, 2.45) is 0 Å². The summed E-state index contributed by atoms with van der Waals surface area (Å²) in [6, 6.07) is 3.55. The van der Waals surface area contributed by atoms with E-state index in [9.17, 15) is 18.0 Å². The van der Waals surface area contributed by atoms with Crippen LogP contribution < -0.4 is 0 Å². The van der Waals surface area contributed by atoms with Crippen LogP contribution in [0.15, 0.2) is 22.7 Å². The molecule has 1 aromatic rings. The SMILES string of the molecule is CCCCCN(C)C(=O)c1ccc(Br)c(C(F)(F)F)c1. The van der Waals surface area contributed by atoms with Crippen LogP contribution in [0, 0.1) is 0 Å². The monoisotopic (exact) mass is 351 g/mol. The zero-order chi connectivity index (χ0) is 15.3. The van der Waals surface area contributed by atoms with Crippen molar-refractivity contribution in [1.82, 2.24) is 4.90 Å². The third-order valence-electron chi connectivity index (χ3n) is 2.96. The lowest BCUT2D eigenvalue weighted by molar-refractivity contribution is -0.138. The molecule has 0 N–H and O–H groups in total. The number of amides is 1. The average molecular weight is 352 g/mol. The molecule has 0 saturated carbocycles. The van der Waals surface area contributed by atoms with Gasteiger partial charge < -0.3 is 4.90 Å². The Kier molecular flexibility index (Phi) is 6.05. The number of hydrogen-bond donors (Lipinski definition) is 0. The molecular formula is C14H17BrF3NO. The van der Waals surface area contributed by atoms with Crippen molar-refractivity contribution >= 4 is 21.8 Å². The van der Waals surface area contributed by atoms with Crippen molar-refractivity contribution in [2.75, 3.05) is 13.6 Å². The molecule has 0 bridgehead atoms. The molecular weight excluding hydrogens is 335 g/mol. The summed E-state index contributed by atoms with van der Waals surface area (Å²) < 4.78 is 38.3. The highest BCUT2D eigenvalue weighted by Gasteiger charge is 2.33. The average Bonchev–Trinajstić information content (AvgIpc) is 2.37. The van der Waals surface area contributed by atoms with E-state index in [1.807, 2.05) is 6.92 Å². The molecule has 6 heteroatoms. The number of hydrogen-bond acceptors (Lipinski definition) is 1. The van der Waals surface area contributed by atoms with Gasteiger partial charge in [0.25, 0.3) is 5.91 Å². The van der Waals surface area contributed by atoms with Crippen LogP contribution in [-0.4, -0.2) is 24.4 Å². The number of carbonyl (C=O) groups is 1. The fraction of sp³-hybridized carbons (Fsp3) is 0.500. The summed E-state index contributed by atoms with van der Waals surface area (Å²) in [4.78, 5) is 13.5. The van der Waals surface area contributed by atoms with Gasteiger partial charge in [0.2, 0.25) is 0 Å². The van der Waals surface area contributed by atoms with Crippen LogP contribution in [0.2, 0.25) is 0 Å². The first-order valence-corrected chi connectivity index (χ1v) is 7.19. The molecule has 1 rings (SSSR count). The first-order valence-electron chi connectivity index (χ1n) is 6.39. The molecule has 0 atom stereocenters. The molecule has 0 fully saturated rings. The van der Waals surface area contributed by atoms with Crippen molar-refractivity contribution < 1.29 is 18.0 Å². The summed E-state index contributed by atoms with van der Waals surface area (Å²) in [7, 11) is 1.60. The van der Waals surface area contributed by atoms with Gasteiger partial charge in [-0.05, 0) is 24.6 Å². The molecule has 1 aromatic carbocycles. The number of benzene rings is 1. The van der Waals surface area contributed by atoms with E-state index in [4.69, 9.17) is 0 Å². The fourth-order valence-corrected chi connectivity index (χ4v) is 2.27. The zero-order valence-electron chi connectivity index (χ0n) is 11.4. The third kappa shape index (κ3) is 4.51. The van der Waals surface area contributed by atoms with Gasteiger partial charge in [-0.3, -0.25) is 4.79 Å². The lowest BCUT2D eigenvalue weighted by Gasteiger charge is -2.18. The smallest absolute Gasteiger partial charge is 0.342 e. The highest BCUT2D eigenvalue weighted by Crippen LogP contribution is 2.35. The van der Waals surface area contributed by atoms with Gasteiger partial charge in [0.1, 0.15) is 0 Å². The summed E-state index contributed by atoms with van der Waals surface area (Å²) in [6.45, 7) is 2.59. The molecule has 0 saturated heterocycles. The molecule has 0 aliphatic heterocycles. The highest BCUT2D eigenvalue weighted by molar-refractivity contribution is 9.10. The van der Waals surface area contributed by atoms with E-state index in [-0.39, 0.29) is 15.9 Å². The van der Waals surface area contributed by atoms with E-state index in [0.717, 1.165) is 25.3 Å². The van der Waals surface area contributed by atoms with Crippen molar-refractivity contribution in [1.29, 1.82) is 0 Å². The van der Waals surface area contributed by atoms with Crippen LogP contribution in [0.5, 0.6) is 0 Å². The van der Waals surface area contributed by atoms with Crippen molar-refractivity contribution in [3.63, 3.8) is 0 Å². The van der Waals surface area contributed by atoms with Gasteiger partial charge >= 0.3 is 6.18 Å². The van der Waals surface area contributed by atoms with Crippen LogP contribution in [-0.2, 0) is 6.18 Å². The molecule has 1 amide bonds. The van der Waals surface area contributed by atoms with Crippen LogP contribution >= 0.6 is 15.9 Å². The Morgan fingerprint density at radius 2 is 1.95 bits per heavy atom. The molecule has 0 aromatic heterocycles. The second kappa shape index (κ2) is 7.11. The van der Waals surface area contributed by atoms with E-state index in [0.29, 0.717) is 6.54 Å². The Morgan fingerprint density at radius 1 is 1.30 bits per heavy atom. The second-order valence-corrected chi connectivity index (χ2v) is 5.48. The fourth-order valence-electron chi connectivity index (χ4n) is 1.80. The van der Waals surface area contributed by atoms with Crippen LogP contribution in [0.25, 0.3) is 0 Å². The predicted molar refractivity (Wildman–Crippen MR) is 75.6 cm³/mol. The standard InChI is InChI=1S/C14H17BrF3NO/c1-3-4-5-8-19(2)13(20)10-6-7-12(15)11(9-10)14(16,17)18/h6-7,9H,3-5,8H2,1-2H3. The van der Waals surface area contributed by atoms with Gasteiger partial charge in [-0.2, -0.15) is 13.2 Å². The number of halogens is 4. The molecule has 0 spiro atoms. The summed E-state index contributed by atoms with van der Waals surface area (Å²) in [5, 5.41) is 0. The number of rotatable bonds is 5. The lowest BCUT2D eigenvalue weighted by atomic mass is 10.1. The number of alkyl halides is 3. The zero-order valence-corrected chi connectivity index (χ0v) is 13.0. The first kappa shape index (κ1) is 17.0. The van der Waals surface area contributed by atoms with E-state index in [1.165, 1.54) is 17.0 Å². The van der Waals surface area contributed by atoms with E-state index in [2.05, 4.69) is 15.9 Å². The van der Waals surface area contributed by atoms with Gasteiger partial charge in [0.05, 0.1) is 5.56 Å². The number of unbranched alkanes of at least 4 members (excludes halogenated alkanes) is 2. The topological polar surface area (TPSA) is 20.3 Å². The molecule has 2 nitrogen and oxygen atoms in total. The normalized spacial score (nSPS) is 11.5. The van der Waals surface area contributed by atoms with Gasteiger partial charge in [0, 0.05) is 23.6 Å². The van der Waals surface area contributed by atoms with Gasteiger partial charge in [0.15, 0.2) is 0 Å². The van der Waals surface area contributed by atoms with Gasteiger partial charge in [-0.1, -0.05) is 35.7 Å². The Hall–Kier alpha value is -1.04. The summed E-state index contributed by atoms with van der Waals surface area (Å²) in [5.74, 6) is -0.390. The van der Waals surface area contributed by atoms with Crippen LogP contribution in [0.3, 0.4) is 0 Å².